The monoisotopic (exact) mass is 381 g/mol. The highest BCUT2D eigenvalue weighted by Gasteiger charge is 2.29. The summed E-state index contributed by atoms with van der Waals surface area (Å²) in [6, 6.07) is 18.1. The lowest BCUT2D eigenvalue weighted by molar-refractivity contribution is 0.0493. The SMILES string of the molecule is CC(CI)(OC(N)=O)c1ccc(-c2ccccc2)cc1. The van der Waals surface area contributed by atoms with Crippen molar-refractivity contribution < 1.29 is 9.53 Å². The van der Waals surface area contributed by atoms with Crippen molar-refractivity contribution in [1.82, 2.24) is 0 Å². The molecule has 0 heterocycles. The lowest BCUT2D eigenvalue weighted by Crippen LogP contribution is -2.33. The number of amides is 1. The lowest BCUT2D eigenvalue weighted by atomic mass is 9.95. The van der Waals surface area contributed by atoms with E-state index in [0.717, 1.165) is 16.7 Å². The maximum atomic E-state index is 11.0. The smallest absolute Gasteiger partial charge is 0.405 e. The quantitative estimate of drug-likeness (QED) is 0.641. The molecule has 1 unspecified atom stereocenters. The van der Waals surface area contributed by atoms with Crippen molar-refractivity contribution in [3.05, 3.63) is 60.2 Å². The molecule has 0 aliphatic heterocycles. The van der Waals surface area contributed by atoms with Crippen LogP contribution >= 0.6 is 22.6 Å². The van der Waals surface area contributed by atoms with Crippen molar-refractivity contribution in [3.63, 3.8) is 0 Å². The lowest BCUT2D eigenvalue weighted by Gasteiger charge is -2.27. The average molecular weight is 381 g/mol. The molecule has 2 rings (SSSR count). The Labute approximate surface area is 132 Å². The molecule has 0 aliphatic carbocycles. The topological polar surface area (TPSA) is 52.3 Å². The molecule has 2 aromatic carbocycles. The first-order chi connectivity index (χ1) is 9.55. The number of hydrogen-bond donors (Lipinski definition) is 1. The van der Waals surface area contributed by atoms with E-state index in [2.05, 4.69) is 34.7 Å². The van der Waals surface area contributed by atoms with Gasteiger partial charge in [0.15, 0.2) is 0 Å². The predicted octanol–water partition coefficient (Wildman–Crippen LogP) is 4.10. The molecule has 1 amide bonds. The van der Waals surface area contributed by atoms with Gasteiger partial charge in [0.05, 0.1) is 0 Å². The Bertz CT molecular complexity index is 583. The summed E-state index contributed by atoms with van der Waals surface area (Å²) in [5.41, 5.74) is 7.68. The van der Waals surface area contributed by atoms with Crippen LogP contribution in [0.25, 0.3) is 11.1 Å². The van der Waals surface area contributed by atoms with Gasteiger partial charge in [-0.1, -0.05) is 77.2 Å². The van der Waals surface area contributed by atoms with Crippen LogP contribution in [0.3, 0.4) is 0 Å². The molecule has 2 aromatic rings. The molecule has 3 nitrogen and oxygen atoms in total. The number of nitrogens with two attached hydrogens (primary N) is 1. The van der Waals surface area contributed by atoms with Crippen molar-refractivity contribution >= 4 is 28.7 Å². The molecule has 0 aliphatic rings. The molecule has 104 valence electrons. The summed E-state index contributed by atoms with van der Waals surface area (Å²) in [7, 11) is 0. The second-order valence-electron chi connectivity index (χ2n) is 4.73. The van der Waals surface area contributed by atoms with Gasteiger partial charge in [-0.2, -0.15) is 0 Å². The van der Waals surface area contributed by atoms with E-state index in [1.165, 1.54) is 0 Å². The zero-order chi connectivity index (χ0) is 14.6. The van der Waals surface area contributed by atoms with Crippen molar-refractivity contribution in [3.8, 4) is 11.1 Å². The predicted molar refractivity (Wildman–Crippen MR) is 88.8 cm³/mol. The highest BCUT2D eigenvalue weighted by Crippen LogP contribution is 2.30. The van der Waals surface area contributed by atoms with E-state index in [4.69, 9.17) is 10.5 Å². The summed E-state index contributed by atoms with van der Waals surface area (Å²) in [5, 5.41) is 0. The summed E-state index contributed by atoms with van der Waals surface area (Å²) in [4.78, 5) is 11.0. The molecule has 1 atom stereocenters. The van der Waals surface area contributed by atoms with Crippen molar-refractivity contribution in [1.29, 1.82) is 0 Å². The van der Waals surface area contributed by atoms with Crippen LogP contribution in [0.2, 0.25) is 0 Å². The summed E-state index contributed by atoms with van der Waals surface area (Å²) in [6.07, 6.45) is -0.753. The molecule has 0 fully saturated rings. The van der Waals surface area contributed by atoms with E-state index < -0.39 is 11.7 Å². The van der Waals surface area contributed by atoms with Gasteiger partial charge in [-0.15, -0.1) is 0 Å². The fourth-order valence-corrected chi connectivity index (χ4v) is 2.63. The number of benzene rings is 2. The number of rotatable bonds is 4. The molecule has 2 N–H and O–H groups in total. The normalized spacial score (nSPS) is 13.5. The number of hydrogen-bond acceptors (Lipinski definition) is 2. The van der Waals surface area contributed by atoms with Crippen LogP contribution in [0.15, 0.2) is 54.6 Å². The first kappa shape index (κ1) is 14.8. The third-order valence-electron chi connectivity index (χ3n) is 3.18. The minimum absolute atomic E-state index is 0.637. The van der Waals surface area contributed by atoms with E-state index in [9.17, 15) is 4.79 Å². The minimum Gasteiger partial charge on any atom is -0.438 e. The molecule has 20 heavy (non-hydrogen) atoms. The van der Waals surface area contributed by atoms with Gasteiger partial charge in [0.2, 0.25) is 0 Å². The Hall–Kier alpha value is -1.56. The minimum atomic E-state index is -0.753. The first-order valence-electron chi connectivity index (χ1n) is 6.25. The molecule has 0 saturated carbocycles. The van der Waals surface area contributed by atoms with Gasteiger partial charge in [-0.05, 0) is 23.6 Å². The maximum Gasteiger partial charge on any atom is 0.405 e. The summed E-state index contributed by atoms with van der Waals surface area (Å²) in [5.74, 6) is 0. The number of halogens is 1. The number of alkyl halides is 1. The van der Waals surface area contributed by atoms with Gasteiger partial charge in [0.1, 0.15) is 5.60 Å². The molecular weight excluding hydrogens is 365 g/mol. The fraction of sp³-hybridized carbons (Fsp3) is 0.188. The van der Waals surface area contributed by atoms with Gasteiger partial charge in [-0.3, -0.25) is 0 Å². The van der Waals surface area contributed by atoms with Crippen LogP contribution in [-0.4, -0.2) is 10.5 Å². The second kappa shape index (κ2) is 6.26. The number of carbonyl (C=O) groups is 1. The van der Waals surface area contributed by atoms with Gasteiger partial charge in [0.25, 0.3) is 0 Å². The van der Waals surface area contributed by atoms with Crippen LogP contribution in [0.5, 0.6) is 0 Å². The molecule has 0 saturated heterocycles. The van der Waals surface area contributed by atoms with E-state index in [1.807, 2.05) is 49.4 Å². The van der Waals surface area contributed by atoms with E-state index in [0.29, 0.717) is 4.43 Å². The van der Waals surface area contributed by atoms with Crippen LogP contribution in [0, 0.1) is 0 Å². The highest BCUT2D eigenvalue weighted by molar-refractivity contribution is 14.1. The Morgan fingerprint density at radius 3 is 2.15 bits per heavy atom. The van der Waals surface area contributed by atoms with Crippen molar-refractivity contribution in [2.24, 2.45) is 5.73 Å². The molecule has 0 spiro atoms. The number of ether oxygens (including phenoxy) is 1. The standard InChI is InChI=1S/C16H16INO2/c1-16(11-17,20-15(18)19)14-9-7-13(8-10-14)12-5-3-2-4-6-12/h2-10H,11H2,1H3,(H2,18,19). The zero-order valence-corrected chi connectivity index (χ0v) is 13.3. The zero-order valence-electron chi connectivity index (χ0n) is 11.2. The van der Waals surface area contributed by atoms with Crippen LogP contribution in [0.4, 0.5) is 4.79 Å². The molecule has 0 aromatic heterocycles. The molecule has 0 radical (unpaired) electrons. The largest absolute Gasteiger partial charge is 0.438 e. The second-order valence-corrected chi connectivity index (χ2v) is 5.49. The molecule has 4 heteroatoms. The Morgan fingerprint density at radius 1 is 1.10 bits per heavy atom. The van der Waals surface area contributed by atoms with Gasteiger partial charge in [-0.25, -0.2) is 4.79 Å². The highest BCUT2D eigenvalue weighted by atomic mass is 127. The Kier molecular flexibility index (Phi) is 4.65. The third-order valence-corrected chi connectivity index (χ3v) is 4.64. The van der Waals surface area contributed by atoms with Crippen LogP contribution in [-0.2, 0) is 10.3 Å². The number of primary amides is 1. The van der Waals surface area contributed by atoms with Gasteiger partial charge < -0.3 is 10.5 Å². The molecular formula is C16H16INO2. The van der Waals surface area contributed by atoms with Crippen LogP contribution < -0.4 is 5.73 Å². The number of carbonyl (C=O) groups excluding carboxylic acids is 1. The summed E-state index contributed by atoms with van der Waals surface area (Å²) >= 11 is 2.19. The summed E-state index contributed by atoms with van der Waals surface area (Å²) < 4.78 is 5.89. The fourth-order valence-electron chi connectivity index (χ4n) is 2.03. The maximum absolute atomic E-state index is 11.0. The Balaban J connectivity index is 2.30. The van der Waals surface area contributed by atoms with Gasteiger partial charge >= 0.3 is 6.09 Å². The molecule has 0 bridgehead atoms. The van der Waals surface area contributed by atoms with E-state index in [1.54, 1.807) is 0 Å². The van der Waals surface area contributed by atoms with Crippen molar-refractivity contribution in [2.45, 2.75) is 12.5 Å². The van der Waals surface area contributed by atoms with Crippen molar-refractivity contribution in [2.75, 3.05) is 4.43 Å². The Morgan fingerprint density at radius 2 is 1.65 bits per heavy atom. The summed E-state index contributed by atoms with van der Waals surface area (Å²) in [6.45, 7) is 1.86. The first-order valence-corrected chi connectivity index (χ1v) is 7.78. The van der Waals surface area contributed by atoms with Crippen LogP contribution in [0.1, 0.15) is 12.5 Å². The van der Waals surface area contributed by atoms with Gasteiger partial charge in [0, 0.05) is 4.43 Å². The van der Waals surface area contributed by atoms with E-state index in [-0.39, 0.29) is 0 Å². The third kappa shape index (κ3) is 3.30. The van der Waals surface area contributed by atoms with E-state index >= 15 is 0 Å². The average Bonchev–Trinajstić information content (AvgIpc) is 2.47.